The van der Waals surface area contributed by atoms with Crippen LogP contribution in [0.25, 0.3) is 0 Å². The number of nitrogens with zero attached hydrogens (tertiary/aromatic N) is 2. The molecule has 0 spiro atoms. The number of hydrogen-bond acceptors (Lipinski definition) is 6. The zero-order chi connectivity index (χ0) is 17.4. The lowest BCUT2D eigenvalue weighted by molar-refractivity contribution is 0.0702. The third-order valence-electron chi connectivity index (χ3n) is 3.81. The number of carbonyl (C=O) groups excluding carboxylic acids is 2. The zero-order valence-electron chi connectivity index (χ0n) is 12.8. The predicted molar refractivity (Wildman–Crippen MR) is 99.2 cm³/mol. The van der Waals surface area contributed by atoms with Crippen molar-refractivity contribution in [3.63, 3.8) is 0 Å². The van der Waals surface area contributed by atoms with Crippen LogP contribution in [0, 0.1) is 0 Å². The fourth-order valence-electron chi connectivity index (χ4n) is 2.57. The summed E-state index contributed by atoms with van der Waals surface area (Å²) >= 11 is 6.09. The summed E-state index contributed by atoms with van der Waals surface area (Å²) in [6.45, 7) is 1.05. The first kappa shape index (κ1) is 16.5. The molecule has 3 aromatic heterocycles. The number of furan rings is 1. The van der Waals surface area contributed by atoms with Gasteiger partial charge >= 0.3 is 0 Å². The van der Waals surface area contributed by atoms with E-state index in [2.05, 4.69) is 26.2 Å². The highest BCUT2D eigenvalue weighted by molar-refractivity contribution is 9.10. The molecule has 0 saturated heterocycles. The van der Waals surface area contributed by atoms with Crippen LogP contribution in [0.4, 0.5) is 5.13 Å². The molecule has 0 saturated carbocycles. The van der Waals surface area contributed by atoms with Crippen LogP contribution in [0.5, 0.6) is 0 Å². The zero-order valence-corrected chi connectivity index (χ0v) is 16.0. The standard InChI is InChI=1S/C16H12BrN3O3S2/c17-13-2-1-11(23-13)15(22)20-5-3-10-12(7-20)25-16(18-10)19-14(21)9-4-6-24-8-9/h1-2,4,6,8H,3,5,7H2,(H,18,19,21). The first-order valence-electron chi connectivity index (χ1n) is 7.47. The number of anilines is 1. The van der Waals surface area contributed by atoms with E-state index in [9.17, 15) is 9.59 Å². The van der Waals surface area contributed by atoms with Gasteiger partial charge in [0.2, 0.25) is 0 Å². The second-order valence-electron chi connectivity index (χ2n) is 5.44. The van der Waals surface area contributed by atoms with E-state index in [1.807, 2.05) is 5.38 Å². The van der Waals surface area contributed by atoms with Crippen LogP contribution in [-0.4, -0.2) is 28.2 Å². The molecule has 25 heavy (non-hydrogen) atoms. The van der Waals surface area contributed by atoms with Crippen molar-refractivity contribution in [2.75, 3.05) is 11.9 Å². The monoisotopic (exact) mass is 437 g/mol. The number of halogens is 1. The number of fused-ring (bicyclic) bond motifs is 1. The van der Waals surface area contributed by atoms with Crippen LogP contribution in [0.1, 0.15) is 31.5 Å². The van der Waals surface area contributed by atoms with Crippen LogP contribution in [0.2, 0.25) is 0 Å². The van der Waals surface area contributed by atoms with E-state index in [1.165, 1.54) is 22.7 Å². The van der Waals surface area contributed by atoms with Crippen LogP contribution in [0.3, 0.4) is 0 Å². The van der Waals surface area contributed by atoms with E-state index in [-0.39, 0.29) is 11.8 Å². The van der Waals surface area contributed by atoms with Gasteiger partial charge in [-0.3, -0.25) is 14.9 Å². The number of thiazole rings is 1. The normalized spacial score (nSPS) is 13.6. The van der Waals surface area contributed by atoms with Crippen molar-refractivity contribution in [2.24, 2.45) is 0 Å². The third-order valence-corrected chi connectivity index (χ3v) is 5.91. The summed E-state index contributed by atoms with van der Waals surface area (Å²) in [6.07, 6.45) is 0.660. The summed E-state index contributed by atoms with van der Waals surface area (Å²) in [4.78, 5) is 31.8. The lowest BCUT2D eigenvalue weighted by atomic mass is 10.1. The van der Waals surface area contributed by atoms with Crippen molar-refractivity contribution >= 4 is 55.5 Å². The summed E-state index contributed by atoms with van der Waals surface area (Å²) in [6, 6.07) is 5.13. The minimum Gasteiger partial charge on any atom is -0.444 e. The quantitative estimate of drug-likeness (QED) is 0.671. The molecular weight excluding hydrogens is 426 g/mol. The van der Waals surface area contributed by atoms with Gasteiger partial charge in [0.15, 0.2) is 15.6 Å². The number of rotatable bonds is 3. The maximum atomic E-state index is 12.5. The Bertz CT molecular complexity index is 932. The molecule has 6 nitrogen and oxygen atoms in total. The van der Waals surface area contributed by atoms with E-state index >= 15 is 0 Å². The Balaban J connectivity index is 1.47. The molecule has 0 aliphatic carbocycles. The van der Waals surface area contributed by atoms with Gasteiger partial charge in [0, 0.05) is 23.2 Å². The molecule has 3 aromatic rings. The van der Waals surface area contributed by atoms with Crippen molar-refractivity contribution in [3.05, 3.63) is 55.5 Å². The Labute approximate surface area is 159 Å². The van der Waals surface area contributed by atoms with Gasteiger partial charge < -0.3 is 9.32 Å². The Hall–Kier alpha value is -1.97. The van der Waals surface area contributed by atoms with Crippen molar-refractivity contribution in [2.45, 2.75) is 13.0 Å². The third kappa shape index (κ3) is 3.39. The van der Waals surface area contributed by atoms with Gasteiger partial charge in [0.1, 0.15) is 0 Å². The topological polar surface area (TPSA) is 75.4 Å². The lowest BCUT2D eigenvalue weighted by Crippen LogP contribution is -2.35. The largest absolute Gasteiger partial charge is 0.444 e. The molecule has 128 valence electrons. The summed E-state index contributed by atoms with van der Waals surface area (Å²) < 4.78 is 5.88. The first-order valence-corrected chi connectivity index (χ1v) is 10.0. The van der Waals surface area contributed by atoms with E-state index in [1.54, 1.807) is 28.5 Å². The number of aromatic nitrogens is 1. The lowest BCUT2D eigenvalue weighted by Gasteiger charge is -2.25. The molecule has 0 bridgehead atoms. The molecule has 2 amide bonds. The second-order valence-corrected chi connectivity index (χ2v) is 8.08. The summed E-state index contributed by atoms with van der Waals surface area (Å²) in [5.41, 5.74) is 1.56. The van der Waals surface area contributed by atoms with E-state index in [4.69, 9.17) is 4.42 Å². The average molecular weight is 438 g/mol. The number of nitrogens with one attached hydrogen (secondary N) is 1. The van der Waals surface area contributed by atoms with Gasteiger partial charge in [0.25, 0.3) is 11.8 Å². The average Bonchev–Trinajstić information content (AvgIpc) is 3.33. The van der Waals surface area contributed by atoms with Crippen molar-refractivity contribution in [1.82, 2.24) is 9.88 Å². The van der Waals surface area contributed by atoms with Gasteiger partial charge in [-0.1, -0.05) is 11.3 Å². The number of amides is 2. The van der Waals surface area contributed by atoms with Crippen molar-refractivity contribution in [1.29, 1.82) is 0 Å². The minimum absolute atomic E-state index is 0.145. The van der Waals surface area contributed by atoms with Gasteiger partial charge in [-0.2, -0.15) is 11.3 Å². The second kappa shape index (κ2) is 6.74. The van der Waals surface area contributed by atoms with Gasteiger partial charge in [-0.25, -0.2) is 4.98 Å². The number of hydrogen-bond donors (Lipinski definition) is 1. The highest BCUT2D eigenvalue weighted by Crippen LogP contribution is 2.29. The van der Waals surface area contributed by atoms with Crippen molar-refractivity contribution in [3.8, 4) is 0 Å². The van der Waals surface area contributed by atoms with E-state index in [0.717, 1.165) is 10.6 Å². The Morgan fingerprint density at radius 3 is 2.92 bits per heavy atom. The fourth-order valence-corrected chi connectivity index (χ4v) is 4.53. The molecule has 4 heterocycles. The molecular formula is C16H12BrN3O3S2. The smallest absolute Gasteiger partial charge is 0.289 e. The van der Waals surface area contributed by atoms with Crippen LogP contribution in [-0.2, 0) is 13.0 Å². The Kier molecular flexibility index (Phi) is 4.45. The Morgan fingerprint density at radius 1 is 1.32 bits per heavy atom. The SMILES string of the molecule is O=C(Nc1nc2c(s1)CN(C(=O)c1ccc(Br)o1)CC2)c1ccsc1. The van der Waals surface area contributed by atoms with Gasteiger partial charge in [-0.05, 0) is 39.5 Å². The van der Waals surface area contributed by atoms with Gasteiger partial charge in [-0.15, -0.1) is 0 Å². The van der Waals surface area contributed by atoms with Crippen LogP contribution < -0.4 is 5.32 Å². The summed E-state index contributed by atoms with van der Waals surface area (Å²) in [5.74, 6) is 0.000137. The molecule has 0 aromatic carbocycles. The van der Waals surface area contributed by atoms with Crippen LogP contribution in [0.15, 0.2) is 38.0 Å². The summed E-state index contributed by atoms with van der Waals surface area (Å²) in [7, 11) is 0. The van der Waals surface area contributed by atoms with E-state index < -0.39 is 0 Å². The molecule has 1 N–H and O–H groups in total. The molecule has 0 fully saturated rings. The molecule has 1 aliphatic rings. The highest BCUT2D eigenvalue weighted by atomic mass is 79.9. The molecule has 0 radical (unpaired) electrons. The fraction of sp³-hybridized carbons (Fsp3) is 0.188. The number of thiophene rings is 1. The summed E-state index contributed by atoms with van der Waals surface area (Å²) in [5, 5.41) is 7.05. The number of carbonyl (C=O) groups is 2. The molecule has 4 rings (SSSR count). The van der Waals surface area contributed by atoms with E-state index in [0.29, 0.717) is 40.6 Å². The first-order chi connectivity index (χ1) is 12.1. The molecule has 9 heteroatoms. The molecule has 0 atom stereocenters. The van der Waals surface area contributed by atoms with Crippen molar-refractivity contribution < 1.29 is 14.0 Å². The predicted octanol–water partition coefficient (Wildman–Crippen LogP) is 4.01. The highest BCUT2D eigenvalue weighted by Gasteiger charge is 2.27. The Morgan fingerprint density at radius 2 is 2.20 bits per heavy atom. The maximum Gasteiger partial charge on any atom is 0.289 e. The minimum atomic E-state index is -0.166. The maximum absolute atomic E-state index is 12.5. The van der Waals surface area contributed by atoms with Crippen LogP contribution >= 0.6 is 38.6 Å². The molecule has 0 unspecified atom stereocenters. The van der Waals surface area contributed by atoms with Gasteiger partial charge in [0.05, 0.1) is 17.8 Å². The molecule has 1 aliphatic heterocycles.